The molecule has 0 aromatic heterocycles. The van der Waals surface area contributed by atoms with Gasteiger partial charge in [0.25, 0.3) is 0 Å². The summed E-state index contributed by atoms with van der Waals surface area (Å²) in [4.78, 5) is 12.2. The van der Waals surface area contributed by atoms with Crippen LogP contribution in [0.4, 0.5) is 4.79 Å². The lowest BCUT2D eigenvalue weighted by atomic mass is 10.9. The molecule has 0 radical (unpaired) electrons. The molecule has 0 atom stereocenters. The van der Waals surface area contributed by atoms with Gasteiger partial charge in [-0.05, 0) is 11.9 Å². The molecule has 6 nitrogen and oxygen atoms in total. The third-order valence-electron chi connectivity index (χ3n) is 1.25. The van der Waals surface area contributed by atoms with Crippen LogP contribution in [0, 0.1) is 0 Å². The van der Waals surface area contributed by atoms with Crippen molar-refractivity contribution >= 4 is 28.1 Å². The Morgan fingerprint density at radius 1 is 1.36 bits per heavy atom. The van der Waals surface area contributed by atoms with Crippen molar-refractivity contribution in [2.24, 2.45) is 0 Å². The highest BCUT2D eigenvalue weighted by atomic mass is 32.3. The maximum atomic E-state index is 10.9. The van der Waals surface area contributed by atoms with Gasteiger partial charge in [0.05, 0.1) is 6.26 Å². The van der Waals surface area contributed by atoms with Crippen LogP contribution in [0.1, 0.15) is 0 Å². The van der Waals surface area contributed by atoms with E-state index >= 15 is 0 Å². The molecule has 0 aliphatic rings. The fourth-order valence-corrected chi connectivity index (χ4v) is 1.57. The molecule has 8 heteroatoms. The predicted octanol–water partition coefficient (Wildman–Crippen LogP) is 0.182. The van der Waals surface area contributed by atoms with Gasteiger partial charge in [0.2, 0.25) is 10.0 Å². The SMILES string of the molecule is CN(C)C(=O)OCSN(C)S(C)(=O)=O. The van der Waals surface area contributed by atoms with Crippen molar-refractivity contribution in [2.45, 2.75) is 0 Å². The summed E-state index contributed by atoms with van der Waals surface area (Å²) in [6, 6.07) is 0. The second kappa shape index (κ2) is 5.42. The van der Waals surface area contributed by atoms with E-state index in [-0.39, 0.29) is 5.94 Å². The first-order chi connectivity index (χ1) is 6.25. The lowest BCUT2D eigenvalue weighted by Crippen LogP contribution is -2.24. The number of carbonyl (C=O) groups excluding carboxylic acids is 1. The molecule has 0 aliphatic heterocycles. The maximum absolute atomic E-state index is 10.9. The second-order valence-electron chi connectivity index (χ2n) is 2.72. The molecule has 1 amide bonds. The Balaban J connectivity index is 3.82. The summed E-state index contributed by atoms with van der Waals surface area (Å²) in [5.74, 6) is -0.0272. The normalized spacial score (nSPS) is 11.5. The minimum Gasteiger partial charge on any atom is -0.437 e. The standard InChI is InChI=1S/C6H14N2O4S2/c1-7(2)6(9)12-5-13-8(3)14(4,10)11/h5H2,1-4H3. The molecule has 0 aliphatic carbocycles. The first kappa shape index (κ1) is 13.5. The van der Waals surface area contributed by atoms with Gasteiger partial charge in [-0.3, -0.25) is 0 Å². The van der Waals surface area contributed by atoms with Crippen LogP contribution in [-0.2, 0) is 14.8 Å². The summed E-state index contributed by atoms with van der Waals surface area (Å²) in [5, 5.41) is 0. The van der Waals surface area contributed by atoms with Gasteiger partial charge in [0.1, 0.15) is 0 Å². The van der Waals surface area contributed by atoms with Crippen molar-refractivity contribution < 1.29 is 17.9 Å². The number of rotatable bonds is 4. The smallest absolute Gasteiger partial charge is 0.410 e. The molecule has 0 N–H and O–H groups in total. The highest BCUT2D eigenvalue weighted by Crippen LogP contribution is 2.11. The van der Waals surface area contributed by atoms with Gasteiger partial charge in [0, 0.05) is 21.1 Å². The lowest BCUT2D eigenvalue weighted by Gasteiger charge is -2.14. The van der Waals surface area contributed by atoms with Gasteiger partial charge < -0.3 is 9.64 Å². The van der Waals surface area contributed by atoms with Crippen LogP contribution in [0.5, 0.6) is 0 Å². The Morgan fingerprint density at radius 2 is 1.86 bits per heavy atom. The minimum atomic E-state index is -3.23. The molecule has 0 heterocycles. The van der Waals surface area contributed by atoms with Crippen molar-refractivity contribution in [3.63, 3.8) is 0 Å². The van der Waals surface area contributed by atoms with Gasteiger partial charge in [0.15, 0.2) is 5.94 Å². The van der Waals surface area contributed by atoms with E-state index in [0.717, 1.165) is 21.9 Å². The van der Waals surface area contributed by atoms with Crippen LogP contribution in [0.25, 0.3) is 0 Å². The summed E-state index contributed by atoms with van der Waals surface area (Å²) in [6.45, 7) is 0. The van der Waals surface area contributed by atoms with Gasteiger partial charge in [-0.15, -0.1) is 3.71 Å². The zero-order valence-corrected chi connectivity index (χ0v) is 10.2. The van der Waals surface area contributed by atoms with E-state index < -0.39 is 16.1 Å². The topological polar surface area (TPSA) is 66.9 Å². The predicted molar refractivity (Wildman–Crippen MR) is 55.2 cm³/mol. The van der Waals surface area contributed by atoms with Crippen molar-refractivity contribution in [2.75, 3.05) is 33.3 Å². The molecule has 0 spiro atoms. The third kappa shape index (κ3) is 5.30. The van der Waals surface area contributed by atoms with E-state index in [2.05, 4.69) is 0 Å². The summed E-state index contributed by atoms with van der Waals surface area (Å²) < 4.78 is 27.5. The Labute approximate surface area is 88.4 Å². The Hall–Kier alpha value is -0.470. The molecule has 0 fully saturated rings. The molecular formula is C6H14N2O4S2. The van der Waals surface area contributed by atoms with Crippen molar-refractivity contribution in [3.05, 3.63) is 0 Å². The number of carbonyl (C=O) groups is 1. The van der Waals surface area contributed by atoms with Crippen LogP contribution in [-0.4, -0.2) is 56.5 Å². The third-order valence-corrected chi connectivity index (χ3v) is 3.90. The molecule has 0 unspecified atom stereocenters. The molecule has 84 valence electrons. The van der Waals surface area contributed by atoms with Crippen LogP contribution >= 0.6 is 11.9 Å². The summed E-state index contributed by atoms with van der Waals surface area (Å²) in [7, 11) is 1.26. The summed E-state index contributed by atoms with van der Waals surface area (Å²) in [5.41, 5.74) is 0. The number of nitrogens with zero attached hydrogens (tertiary/aromatic N) is 2. The minimum absolute atomic E-state index is 0.0272. The first-order valence-corrected chi connectivity index (χ1v) is 6.45. The Bertz CT molecular complexity index is 288. The molecule has 0 bridgehead atoms. The molecule has 0 rings (SSSR count). The number of hydrogen-bond acceptors (Lipinski definition) is 5. The fourth-order valence-electron chi connectivity index (χ4n) is 0.376. The van der Waals surface area contributed by atoms with E-state index in [9.17, 15) is 13.2 Å². The van der Waals surface area contributed by atoms with Crippen molar-refractivity contribution in [1.82, 2.24) is 8.61 Å². The molecule has 0 saturated carbocycles. The van der Waals surface area contributed by atoms with Crippen molar-refractivity contribution in [3.8, 4) is 0 Å². The van der Waals surface area contributed by atoms with Crippen LogP contribution in [0.15, 0.2) is 0 Å². The highest BCUT2D eigenvalue weighted by molar-refractivity contribution is 8.08. The lowest BCUT2D eigenvalue weighted by molar-refractivity contribution is 0.136. The van der Waals surface area contributed by atoms with E-state index in [1.807, 2.05) is 0 Å². The zero-order chi connectivity index (χ0) is 11.4. The van der Waals surface area contributed by atoms with Crippen LogP contribution in [0.2, 0.25) is 0 Å². The van der Waals surface area contributed by atoms with Gasteiger partial charge in [-0.2, -0.15) is 0 Å². The number of amides is 1. The van der Waals surface area contributed by atoms with E-state index in [4.69, 9.17) is 4.74 Å². The van der Waals surface area contributed by atoms with Crippen LogP contribution < -0.4 is 0 Å². The first-order valence-electron chi connectivity index (χ1n) is 3.66. The quantitative estimate of drug-likeness (QED) is 0.520. The summed E-state index contributed by atoms with van der Waals surface area (Å²) >= 11 is 0.905. The van der Waals surface area contributed by atoms with E-state index in [1.165, 1.54) is 11.9 Å². The number of hydrogen-bond donors (Lipinski definition) is 0. The largest absolute Gasteiger partial charge is 0.437 e. The molecule has 14 heavy (non-hydrogen) atoms. The second-order valence-corrected chi connectivity index (χ2v) is 6.01. The van der Waals surface area contributed by atoms with Gasteiger partial charge in [-0.1, -0.05) is 0 Å². The molecular weight excluding hydrogens is 228 g/mol. The average molecular weight is 242 g/mol. The number of ether oxygens (including phenoxy) is 1. The zero-order valence-electron chi connectivity index (χ0n) is 8.55. The van der Waals surface area contributed by atoms with Gasteiger partial charge >= 0.3 is 6.09 Å². The monoisotopic (exact) mass is 242 g/mol. The van der Waals surface area contributed by atoms with E-state index in [0.29, 0.717) is 0 Å². The maximum Gasteiger partial charge on any atom is 0.410 e. The Kier molecular flexibility index (Phi) is 5.24. The molecule has 0 aromatic carbocycles. The summed E-state index contributed by atoms with van der Waals surface area (Å²) in [6.07, 6.45) is 0.577. The van der Waals surface area contributed by atoms with E-state index in [1.54, 1.807) is 14.1 Å². The number of sulfonamides is 1. The van der Waals surface area contributed by atoms with Crippen LogP contribution in [0.3, 0.4) is 0 Å². The Morgan fingerprint density at radius 3 is 2.21 bits per heavy atom. The average Bonchev–Trinajstić information content (AvgIpc) is 2.01. The van der Waals surface area contributed by atoms with Crippen molar-refractivity contribution in [1.29, 1.82) is 0 Å². The van der Waals surface area contributed by atoms with Gasteiger partial charge in [-0.25, -0.2) is 13.2 Å². The fraction of sp³-hybridized carbons (Fsp3) is 0.833. The molecule has 0 aromatic rings. The molecule has 0 saturated heterocycles. The highest BCUT2D eigenvalue weighted by Gasteiger charge is 2.12.